The number of carbonyl (C=O) groups excluding carboxylic acids is 1. The van der Waals surface area contributed by atoms with E-state index in [2.05, 4.69) is 4.74 Å². The molecule has 0 spiro atoms. The smallest absolute Gasteiger partial charge is 0.337 e. The largest absolute Gasteiger partial charge is 0.490 e. The average molecular weight is 259 g/mol. The predicted molar refractivity (Wildman–Crippen MR) is 60.5 cm³/mol. The molecule has 0 aromatic heterocycles. The van der Waals surface area contributed by atoms with Crippen LogP contribution in [-0.2, 0) is 9.53 Å². The van der Waals surface area contributed by atoms with Crippen molar-refractivity contribution in [1.29, 1.82) is 0 Å². The molecule has 1 aromatic rings. The third-order valence-corrected chi connectivity index (χ3v) is 2.14. The summed E-state index contributed by atoms with van der Waals surface area (Å²) in [7, 11) is 0. The van der Waals surface area contributed by atoms with Gasteiger partial charge in [-0.2, -0.15) is 0 Å². The molecule has 0 bridgehead atoms. The van der Waals surface area contributed by atoms with E-state index in [1.807, 2.05) is 0 Å². The monoisotopic (exact) mass is 258 g/mol. The van der Waals surface area contributed by atoms with Crippen LogP contribution in [0.3, 0.4) is 0 Å². The molecule has 5 nitrogen and oxygen atoms in total. The molecule has 1 aromatic carbocycles. The van der Waals surface area contributed by atoms with Gasteiger partial charge in [-0.1, -0.05) is 11.6 Å². The van der Waals surface area contributed by atoms with Gasteiger partial charge in [-0.15, -0.1) is 0 Å². The van der Waals surface area contributed by atoms with Gasteiger partial charge in [0.05, 0.1) is 10.6 Å². The fourth-order valence-electron chi connectivity index (χ4n) is 1.10. The van der Waals surface area contributed by atoms with Gasteiger partial charge in [0.15, 0.2) is 0 Å². The number of benzene rings is 1. The Morgan fingerprint density at radius 2 is 2.06 bits per heavy atom. The molecule has 0 unspecified atom stereocenters. The van der Waals surface area contributed by atoms with E-state index in [9.17, 15) is 9.59 Å². The van der Waals surface area contributed by atoms with Gasteiger partial charge in [0.1, 0.15) is 19.0 Å². The Bertz CT molecular complexity index is 430. The summed E-state index contributed by atoms with van der Waals surface area (Å²) >= 11 is 5.74. The molecule has 0 saturated carbocycles. The number of esters is 1. The third-order valence-electron chi connectivity index (χ3n) is 1.83. The zero-order valence-electron chi connectivity index (χ0n) is 9.10. The van der Waals surface area contributed by atoms with Gasteiger partial charge in [-0.25, -0.2) is 4.79 Å². The maximum Gasteiger partial charge on any atom is 0.337 e. The van der Waals surface area contributed by atoms with Crippen molar-refractivity contribution in [3.05, 3.63) is 28.8 Å². The topological polar surface area (TPSA) is 72.8 Å². The Balaban J connectivity index is 2.53. The van der Waals surface area contributed by atoms with Gasteiger partial charge in [-0.05, 0) is 18.2 Å². The van der Waals surface area contributed by atoms with E-state index < -0.39 is 5.97 Å². The zero-order valence-corrected chi connectivity index (χ0v) is 9.86. The molecule has 1 N–H and O–H groups in total. The van der Waals surface area contributed by atoms with Gasteiger partial charge in [0, 0.05) is 6.92 Å². The summed E-state index contributed by atoms with van der Waals surface area (Å²) in [5, 5.41) is 8.85. The standard InChI is InChI=1S/C11H11ClO5/c1-7(13)16-4-5-17-8-2-3-9(11(14)15)10(12)6-8/h2-3,6H,4-5H2,1H3,(H,14,15). The minimum absolute atomic E-state index is 0.0130. The van der Waals surface area contributed by atoms with E-state index in [0.29, 0.717) is 5.75 Å². The second kappa shape index (κ2) is 6.10. The van der Waals surface area contributed by atoms with Crippen LogP contribution < -0.4 is 4.74 Å². The number of rotatable bonds is 5. The highest BCUT2D eigenvalue weighted by Gasteiger charge is 2.09. The third kappa shape index (κ3) is 4.32. The summed E-state index contributed by atoms with van der Waals surface area (Å²) in [4.78, 5) is 21.2. The lowest BCUT2D eigenvalue weighted by Crippen LogP contribution is -2.09. The Morgan fingerprint density at radius 1 is 1.35 bits per heavy atom. The summed E-state index contributed by atoms with van der Waals surface area (Å²) in [6, 6.07) is 4.24. The number of hydrogen-bond acceptors (Lipinski definition) is 4. The minimum Gasteiger partial charge on any atom is -0.490 e. The number of carbonyl (C=O) groups is 2. The summed E-state index contributed by atoms with van der Waals surface area (Å²) in [5.41, 5.74) is 0.0130. The van der Waals surface area contributed by atoms with Crippen molar-refractivity contribution in [3.8, 4) is 5.75 Å². The van der Waals surface area contributed by atoms with Crippen LogP contribution >= 0.6 is 11.6 Å². The molecule has 0 amide bonds. The molecule has 0 aliphatic heterocycles. The van der Waals surface area contributed by atoms with Crippen molar-refractivity contribution in [2.24, 2.45) is 0 Å². The summed E-state index contributed by atoms with van der Waals surface area (Å²) in [6.07, 6.45) is 0. The Kier molecular flexibility index (Phi) is 4.78. The van der Waals surface area contributed by atoms with Crippen LogP contribution in [0.5, 0.6) is 5.75 Å². The SMILES string of the molecule is CC(=O)OCCOc1ccc(C(=O)O)c(Cl)c1. The van der Waals surface area contributed by atoms with Crippen LogP contribution in [0.4, 0.5) is 0 Å². The number of carboxylic acid groups (broad SMARTS) is 1. The Morgan fingerprint density at radius 3 is 2.59 bits per heavy atom. The number of carboxylic acids is 1. The first-order valence-corrected chi connectivity index (χ1v) is 5.17. The quantitative estimate of drug-likeness (QED) is 0.646. The molecule has 92 valence electrons. The highest BCUT2D eigenvalue weighted by atomic mass is 35.5. The van der Waals surface area contributed by atoms with Crippen LogP contribution in [0.25, 0.3) is 0 Å². The molecule has 1 rings (SSSR count). The van der Waals surface area contributed by atoms with E-state index >= 15 is 0 Å². The normalized spacial score (nSPS) is 9.76. The predicted octanol–water partition coefficient (Wildman–Crippen LogP) is 1.98. The van der Waals surface area contributed by atoms with Crippen molar-refractivity contribution in [2.75, 3.05) is 13.2 Å². The molecule has 0 saturated heterocycles. The van der Waals surface area contributed by atoms with E-state index in [0.717, 1.165) is 0 Å². The summed E-state index contributed by atoms with van der Waals surface area (Å²) in [5.74, 6) is -1.05. The molecule has 0 fully saturated rings. The second-order valence-corrected chi connectivity index (χ2v) is 3.54. The van der Waals surface area contributed by atoms with Gasteiger partial charge < -0.3 is 14.6 Å². The highest BCUT2D eigenvalue weighted by molar-refractivity contribution is 6.33. The van der Waals surface area contributed by atoms with E-state index in [1.165, 1.54) is 25.1 Å². The van der Waals surface area contributed by atoms with Gasteiger partial charge >= 0.3 is 11.9 Å². The molecule has 6 heteroatoms. The van der Waals surface area contributed by atoms with Gasteiger partial charge in [0.25, 0.3) is 0 Å². The number of ether oxygens (including phenoxy) is 2. The average Bonchev–Trinajstić information content (AvgIpc) is 2.23. The van der Waals surface area contributed by atoms with Crippen molar-refractivity contribution < 1.29 is 24.2 Å². The first-order valence-electron chi connectivity index (χ1n) is 4.79. The maximum absolute atomic E-state index is 10.7. The lowest BCUT2D eigenvalue weighted by molar-refractivity contribution is -0.141. The van der Waals surface area contributed by atoms with Crippen LogP contribution in [0.2, 0.25) is 5.02 Å². The van der Waals surface area contributed by atoms with E-state index in [1.54, 1.807) is 0 Å². The first kappa shape index (κ1) is 13.3. The maximum atomic E-state index is 10.7. The number of hydrogen-bond donors (Lipinski definition) is 1. The fraction of sp³-hybridized carbons (Fsp3) is 0.273. The van der Waals surface area contributed by atoms with Crippen LogP contribution in [0.15, 0.2) is 18.2 Å². The fourth-order valence-corrected chi connectivity index (χ4v) is 1.36. The van der Waals surface area contributed by atoms with Gasteiger partial charge in [0.2, 0.25) is 0 Å². The Labute approximate surface area is 103 Å². The zero-order chi connectivity index (χ0) is 12.8. The summed E-state index contributed by atoms with van der Waals surface area (Å²) in [6.45, 7) is 1.62. The molecule has 0 aliphatic rings. The second-order valence-electron chi connectivity index (χ2n) is 3.14. The van der Waals surface area contributed by atoms with Gasteiger partial charge in [-0.3, -0.25) is 4.79 Å². The van der Waals surface area contributed by atoms with Crippen LogP contribution in [0.1, 0.15) is 17.3 Å². The number of aromatic carboxylic acids is 1. The molecular weight excluding hydrogens is 248 g/mol. The molecule has 0 atom stereocenters. The van der Waals surface area contributed by atoms with Crippen molar-refractivity contribution in [1.82, 2.24) is 0 Å². The molecule has 17 heavy (non-hydrogen) atoms. The highest BCUT2D eigenvalue weighted by Crippen LogP contribution is 2.22. The minimum atomic E-state index is -1.10. The molecule has 0 radical (unpaired) electrons. The number of halogens is 1. The summed E-state index contributed by atoms with van der Waals surface area (Å²) < 4.78 is 9.88. The van der Waals surface area contributed by atoms with Crippen LogP contribution in [-0.4, -0.2) is 30.3 Å². The first-order chi connectivity index (χ1) is 8.00. The van der Waals surface area contributed by atoms with Crippen molar-refractivity contribution in [3.63, 3.8) is 0 Å². The molecular formula is C11H11ClO5. The molecule has 0 heterocycles. The van der Waals surface area contributed by atoms with E-state index in [-0.39, 0.29) is 29.8 Å². The van der Waals surface area contributed by atoms with Crippen LogP contribution in [0, 0.1) is 0 Å². The lowest BCUT2D eigenvalue weighted by Gasteiger charge is -2.07. The molecule has 0 aliphatic carbocycles. The van der Waals surface area contributed by atoms with E-state index in [4.69, 9.17) is 21.4 Å². The Hall–Kier alpha value is -1.75. The lowest BCUT2D eigenvalue weighted by atomic mass is 10.2. The van der Waals surface area contributed by atoms with Crippen molar-refractivity contribution in [2.45, 2.75) is 6.92 Å². The van der Waals surface area contributed by atoms with Crippen molar-refractivity contribution >= 4 is 23.5 Å².